The Morgan fingerprint density at radius 3 is 2.57 bits per heavy atom. The summed E-state index contributed by atoms with van der Waals surface area (Å²) in [5.74, 6) is 0.885. The van der Waals surface area contributed by atoms with Gasteiger partial charge < -0.3 is 20.4 Å². The van der Waals surface area contributed by atoms with Crippen molar-refractivity contribution in [3.05, 3.63) is 57.7 Å². The molecule has 0 aliphatic carbocycles. The Hall–Kier alpha value is -3.55. The monoisotopic (exact) mass is 516 g/mol. The first kappa shape index (κ1) is 25.1. The van der Waals surface area contributed by atoms with E-state index in [1.54, 1.807) is 0 Å². The predicted octanol–water partition coefficient (Wildman–Crippen LogP) is 4.33. The molecular weight excluding hydrogens is 484 g/mol. The zero-order valence-corrected chi connectivity index (χ0v) is 22.3. The largest absolute Gasteiger partial charge is 0.348 e. The van der Waals surface area contributed by atoms with Crippen molar-refractivity contribution < 1.29 is 4.79 Å². The van der Waals surface area contributed by atoms with Crippen LogP contribution in [0.4, 0.5) is 16.9 Å². The summed E-state index contributed by atoms with van der Waals surface area (Å²) >= 11 is 1.25. The lowest BCUT2D eigenvalue weighted by Gasteiger charge is -2.30. The quantitative estimate of drug-likeness (QED) is 0.498. The van der Waals surface area contributed by atoms with Gasteiger partial charge in [-0.25, -0.2) is 9.97 Å². The van der Waals surface area contributed by atoms with E-state index in [9.17, 15) is 10.1 Å². The SMILES string of the molecule is Cc1ccc(C2CCCN2c2nc(Nc3ncc(C#N)s3)c(C)c(C(=O)NC3CCN(C)CC3)n2)cc1. The zero-order valence-electron chi connectivity index (χ0n) is 21.5. The molecular formula is C27H32N8OS. The fourth-order valence-corrected chi connectivity index (χ4v) is 5.62. The van der Waals surface area contributed by atoms with E-state index in [2.05, 4.69) is 69.7 Å². The number of nitrogens with one attached hydrogen (secondary N) is 2. The summed E-state index contributed by atoms with van der Waals surface area (Å²) in [6.07, 6.45) is 5.39. The first-order valence-electron chi connectivity index (χ1n) is 12.8. The normalized spacial score (nSPS) is 18.5. The van der Waals surface area contributed by atoms with Crippen LogP contribution >= 0.6 is 11.3 Å². The minimum absolute atomic E-state index is 0.127. The smallest absolute Gasteiger partial charge is 0.270 e. The molecule has 10 heteroatoms. The molecule has 37 heavy (non-hydrogen) atoms. The third-order valence-corrected chi connectivity index (χ3v) is 8.03. The van der Waals surface area contributed by atoms with Gasteiger partial charge in [0.25, 0.3) is 5.91 Å². The number of nitrogens with zero attached hydrogens (tertiary/aromatic N) is 6. The molecule has 2 N–H and O–H groups in total. The third-order valence-electron chi connectivity index (χ3n) is 7.22. The molecule has 2 saturated heterocycles. The van der Waals surface area contributed by atoms with Crippen molar-refractivity contribution in [3.63, 3.8) is 0 Å². The van der Waals surface area contributed by atoms with Crippen molar-refractivity contribution in [2.24, 2.45) is 0 Å². The van der Waals surface area contributed by atoms with Crippen molar-refractivity contribution in [2.45, 2.75) is 51.6 Å². The number of carbonyl (C=O) groups is 1. The number of hydrogen-bond donors (Lipinski definition) is 2. The number of nitriles is 1. The van der Waals surface area contributed by atoms with Gasteiger partial charge in [-0.1, -0.05) is 41.2 Å². The molecule has 0 saturated carbocycles. The van der Waals surface area contributed by atoms with Crippen LogP contribution in [-0.4, -0.2) is 58.5 Å². The van der Waals surface area contributed by atoms with Crippen LogP contribution in [-0.2, 0) is 0 Å². The molecule has 5 rings (SSSR count). The van der Waals surface area contributed by atoms with Crippen LogP contribution in [0.1, 0.15) is 63.8 Å². The summed E-state index contributed by atoms with van der Waals surface area (Å²) in [6.45, 7) is 6.68. The first-order valence-corrected chi connectivity index (χ1v) is 13.6. The highest BCUT2D eigenvalue weighted by molar-refractivity contribution is 7.16. The molecule has 0 radical (unpaired) electrons. The Bertz CT molecular complexity index is 1310. The number of benzene rings is 1. The summed E-state index contributed by atoms with van der Waals surface area (Å²) in [7, 11) is 2.10. The van der Waals surface area contributed by atoms with E-state index in [0.29, 0.717) is 33.0 Å². The van der Waals surface area contributed by atoms with Crippen molar-refractivity contribution >= 4 is 34.1 Å². The van der Waals surface area contributed by atoms with Gasteiger partial charge in [-0.15, -0.1) is 0 Å². The molecule has 2 fully saturated rings. The molecule has 1 atom stereocenters. The van der Waals surface area contributed by atoms with Crippen molar-refractivity contribution in [1.29, 1.82) is 5.26 Å². The number of rotatable bonds is 6. The number of thiazole rings is 1. The molecule has 2 aliphatic heterocycles. The van der Waals surface area contributed by atoms with Crippen LogP contribution in [0.2, 0.25) is 0 Å². The van der Waals surface area contributed by atoms with Crippen LogP contribution in [0.5, 0.6) is 0 Å². The maximum atomic E-state index is 13.5. The van der Waals surface area contributed by atoms with Gasteiger partial charge in [0.05, 0.1) is 12.2 Å². The Morgan fingerprint density at radius 2 is 1.86 bits per heavy atom. The van der Waals surface area contributed by atoms with E-state index in [1.807, 2.05) is 6.92 Å². The maximum Gasteiger partial charge on any atom is 0.270 e. The molecule has 4 heterocycles. The summed E-state index contributed by atoms with van der Waals surface area (Å²) in [5.41, 5.74) is 3.48. The zero-order chi connectivity index (χ0) is 25.9. The van der Waals surface area contributed by atoms with E-state index in [4.69, 9.17) is 9.97 Å². The second-order valence-electron chi connectivity index (χ2n) is 9.93. The molecule has 0 bridgehead atoms. The molecule has 3 aromatic rings. The lowest BCUT2D eigenvalue weighted by molar-refractivity contribution is 0.0911. The van der Waals surface area contributed by atoms with Crippen molar-refractivity contribution in [1.82, 2.24) is 25.2 Å². The lowest BCUT2D eigenvalue weighted by Crippen LogP contribution is -2.43. The Morgan fingerprint density at radius 1 is 1.11 bits per heavy atom. The first-order chi connectivity index (χ1) is 17.9. The van der Waals surface area contributed by atoms with Crippen LogP contribution in [0.25, 0.3) is 0 Å². The Kier molecular flexibility index (Phi) is 7.35. The highest BCUT2D eigenvalue weighted by atomic mass is 32.1. The fourth-order valence-electron chi connectivity index (χ4n) is 5.01. The second-order valence-corrected chi connectivity index (χ2v) is 11.0. The highest BCUT2D eigenvalue weighted by Gasteiger charge is 2.31. The van der Waals surface area contributed by atoms with Gasteiger partial charge in [-0.2, -0.15) is 10.2 Å². The molecule has 2 aromatic heterocycles. The minimum atomic E-state index is -0.179. The van der Waals surface area contributed by atoms with Crippen molar-refractivity contribution in [3.8, 4) is 6.07 Å². The van der Waals surface area contributed by atoms with Gasteiger partial charge in [-0.05, 0) is 65.2 Å². The number of hydrogen-bond acceptors (Lipinski definition) is 9. The van der Waals surface area contributed by atoms with Gasteiger partial charge in [-0.3, -0.25) is 4.79 Å². The molecule has 2 aliphatic rings. The van der Waals surface area contributed by atoms with Gasteiger partial charge >= 0.3 is 0 Å². The number of amides is 1. The molecule has 1 aromatic carbocycles. The topological polar surface area (TPSA) is 110 Å². The standard InChI is InChI=1S/C27H32N8OS/c1-17-6-8-19(9-7-17)22-5-4-12-35(22)26-31-23(25(36)30-20-10-13-34(3)14-11-20)18(2)24(32-26)33-27-29-16-21(15-28)37-27/h6-9,16,20,22H,4-5,10-14H2,1-3H3,(H,30,36)(H,29,31,32,33). The van der Waals surface area contributed by atoms with Crippen molar-refractivity contribution in [2.75, 3.05) is 36.9 Å². The average Bonchev–Trinajstić information content (AvgIpc) is 3.57. The number of anilines is 3. The average molecular weight is 517 g/mol. The van der Waals surface area contributed by atoms with Gasteiger partial charge in [0.1, 0.15) is 22.5 Å². The van der Waals surface area contributed by atoms with E-state index >= 15 is 0 Å². The fraction of sp³-hybridized carbons (Fsp3) is 0.444. The summed E-state index contributed by atoms with van der Waals surface area (Å²) < 4.78 is 0. The number of piperidine rings is 1. The molecule has 192 valence electrons. The summed E-state index contributed by atoms with van der Waals surface area (Å²) in [5, 5.41) is 16.2. The van der Waals surface area contributed by atoms with Gasteiger partial charge in [0, 0.05) is 18.2 Å². The Balaban J connectivity index is 1.49. The third kappa shape index (κ3) is 5.58. The van der Waals surface area contributed by atoms with Gasteiger partial charge in [0.15, 0.2) is 5.13 Å². The molecule has 1 amide bonds. The molecule has 9 nitrogen and oxygen atoms in total. The maximum absolute atomic E-state index is 13.5. The molecule has 1 unspecified atom stereocenters. The molecule has 0 spiro atoms. The number of likely N-dealkylation sites (tertiary alicyclic amines) is 1. The van der Waals surface area contributed by atoms with E-state index in [-0.39, 0.29) is 18.0 Å². The summed E-state index contributed by atoms with van der Waals surface area (Å²) in [6, 6.07) is 11.0. The second kappa shape index (κ2) is 10.8. The number of aryl methyl sites for hydroxylation is 1. The van der Waals surface area contributed by atoms with E-state index < -0.39 is 0 Å². The van der Waals surface area contributed by atoms with Crippen LogP contribution in [0.15, 0.2) is 30.5 Å². The lowest BCUT2D eigenvalue weighted by atomic mass is 10.0. The number of carbonyl (C=O) groups excluding carboxylic acids is 1. The van der Waals surface area contributed by atoms with E-state index in [0.717, 1.165) is 45.3 Å². The summed E-state index contributed by atoms with van der Waals surface area (Å²) in [4.78, 5) is 32.5. The minimum Gasteiger partial charge on any atom is -0.348 e. The van der Waals surface area contributed by atoms with Crippen LogP contribution < -0.4 is 15.5 Å². The van der Waals surface area contributed by atoms with Crippen LogP contribution in [0, 0.1) is 25.2 Å². The predicted molar refractivity (Wildman–Crippen MR) is 145 cm³/mol. The Labute approximate surface area is 221 Å². The number of aromatic nitrogens is 3. The van der Waals surface area contributed by atoms with E-state index in [1.165, 1.54) is 28.7 Å². The van der Waals surface area contributed by atoms with Crippen LogP contribution in [0.3, 0.4) is 0 Å². The highest BCUT2D eigenvalue weighted by Crippen LogP contribution is 2.36. The van der Waals surface area contributed by atoms with Gasteiger partial charge in [0.2, 0.25) is 5.95 Å².